The summed E-state index contributed by atoms with van der Waals surface area (Å²) < 4.78 is 5.42. The van der Waals surface area contributed by atoms with Gasteiger partial charge in [0.2, 0.25) is 11.7 Å². The molecule has 2 rings (SSSR count). The van der Waals surface area contributed by atoms with Crippen molar-refractivity contribution in [3.8, 4) is 17.1 Å². The molecule has 21 heavy (non-hydrogen) atoms. The van der Waals surface area contributed by atoms with Crippen molar-refractivity contribution in [2.24, 2.45) is 5.73 Å². The lowest BCUT2D eigenvalue weighted by Crippen LogP contribution is -2.50. The molecular weight excluding hydrogens is 266 g/mol. The zero-order chi connectivity index (χ0) is 16.0. The molecule has 2 aromatic rings. The van der Waals surface area contributed by atoms with Gasteiger partial charge in [-0.1, -0.05) is 5.16 Å². The molecule has 5 nitrogen and oxygen atoms in total. The van der Waals surface area contributed by atoms with Gasteiger partial charge in [0.1, 0.15) is 5.75 Å². The third-order valence-electron chi connectivity index (χ3n) is 4.32. The van der Waals surface area contributed by atoms with E-state index >= 15 is 0 Å². The average molecular weight is 289 g/mol. The molecule has 0 aliphatic carbocycles. The highest BCUT2D eigenvalue weighted by Crippen LogP contribution is 2.34. The molecular formula is C16H23N3O2. The monoisotopic (exact) mass is 289 g/mol. The molecule has 0 saturated carbocycles. The molecule has 0 amide bonds. The van der Waals surface area contributed by atoms with Crippen molar-refractivity contribution in [1.29, 1.82) is 0 Å². The molecule has 0 saturated heterocycles. The molecule has 0 bridgehead atoms. The smallest absolute Gasteiger partial charge is 0.234 e. The van der Waals surface area contributed by atoms with Crippen molar-refractivity contribution in [3.05, 3.63) is 29.2 Å². The molecule has 0 unspecified atom stereocenters. The van der Waals surface area contributed by atoms with Crippen LogP contribution < -0.4 is 5.73 Å². The summed E-state index contributed by atoms with van der Waals surface area (Å²) in [5, 5.41) is 13.9. The highest BCUT2D eigenvalue weighted by Gasteiger charge is 2.40. The van der Waals surface area contributed by atoms with Crippen LogP contribution in [0.4, 0.5) is 0 Å². The molecule has 0 aliphatic rings. The first-order chi connectivity index (χ1) is 9.54. The van der Waals surface area contributed by atoms with E-state index in [-0.39, 0.29) is 0 Å². The molecule has 0 fully saturated rings. The van der Waals surface area contributed by atoms with E-state index in [1.54, 1.807) is 0 Å². The number of aryl methyl sites for hydroxylation is 2. The molecule has 0 aliphatic heterocycles. The van der Waals surface area contributed by atoms with Gasteiger partial charge in [0.15, 0.2) is 0 Å². The van der Waals surface area contributed by atoms with Crippen molar-refractivity contribution < 1.29 is 9.63 Å². The molecule has 1 aromatic carbocycles. The fourth-order valence-corrected chi connectivity index (χ4v) is 1.96. The number of aromatic hydroxyl groups is 1. The highest BCUT2D eigenvalue weighted by molar-refractivity contribution is 5.60. The number of hydrogen-bond donors (Lipinski definition) is 2. The number of aromatic nitrogens is 2. The Hall–Kier alpha value is -1.88. The van der Waals surface area contributed by atoms with Crippen molar-refractivity contribution >= 4 is 0 Å². The Kier molecular flexibility index (Phi) is 3.58. The molecule has 0 radical (unpaired) electrons. The lowest BCUT2D eigenvalue weighted by Gasteiger charge is -2.34. The van der Waals surface area contributed by atoms with Gasteiger partial charge in [0.25, 0.3) is 0 Å². The summed E-state index contributed by atoms with van der Waals surface area (Å²) >= 11 is 0. The average Bonchev–Trinajstić information content (AvgIpc) is 2.84. The number of phenolic OH excluding ortho intramolecular Hbond substituents is 1. The van der Waals surface area contributed by atoms with Gasteiger partial charge in [0.05, 0.1) is 5.41 Å². The van der Waals surface area contributed by atoms with Crippen LogP contribution in [0.3, 0.4) is 0 Å². The molecule has 1 heterocycles. The van der Waals surface area contributed by atoms with Gasteiger partial charge in [-0.3, -0.25) is 0 Å². The maximum absolute atomic E-state index is 9.84. The minimum absolute atomic E-state index is 0.297. The fraction of sp³-hybridized carbons (Fsp3) is 0.500. The van der Waals surface area contributed by atoms with E-state index in [4.69, 9.17) is 10.3 Å². The van der Waals surface area contributed by atoms with Crippen LogP contribution in [0.25, 0.3) is 11.4 Å². The predicted molar refractivity (Wildman–Crippen MR) is 82.2 cm³/mol. The fourth-order valence-electron chi connectivity index (χ4n) is 1.96. The highest BCUT2D eigenvalue weighted by atomic mass is 16.5. The second-order valence-corrected chi connectivity index (χ2v) is 6.73. The topological polar surface area (TPSA) is 85.2 Å². The van der Waals surface area contributed by atoms with Gasteiger partial charge in [-0.15, -0.1) is 0 Å². The quantitative estimate of drug-likeness (QED) is 0.907. The summed E-state index contributed by atoms with van der Waals surface area (Å²) in [6.07, 6.45) is 0. The molecule has 0 atom stereocenters. The Bertz CT molecular complexity index is 643. The molecule has 114 valence electrons. The van der Waals surface area contributed by atoms with Crippen LogP contribution in [-0.4, -0.2) is 20.8 Å². The van der Waals surface area contributed by atoms with E-state index in [1.165, 1.54) is 0 Å². The normalized spacial score (nSPS) is 12.7. The van der Waals surface area contributed by atoms with E-state index in [0.29, 0.717) is 17.5 Å². The Morgan fingerprint density at radius 2 is 1.62 bits per heavy atom. The van der Waals surface area contributed by atoms with Gasteiger partial charge in [0, 0.05) is 11.1 Å². The summed E-state index contributed by atoms with van der Waals surface area (Å²) in [7, 11) is 0. The lowest BCUT2D eigenvalue weighted by atomic mass is 9.75. The number of hydrogen-bond acceptors (Lipinski definition) is 5. The van der Waals surface area contributed by atoms with Gasteiger partial charge < -0.3 is 15.4 Å². The predicted octanol–water partition coefficient (Wildman–Crippen LogP) is 3.07. The van der Waals surface area contributed by atoms with Gasteiger partial charge in [-0.05, 0) is 64.8 Å². The minimum atomic E-state index is -0.488. The maximum Gasteiger partial charge on any atom is 0.234 e. The van der Waals surface area contributed by atoms with Crippen LogP contribution in [0.5, 0.6) is 5.75 Å². The Balaban J connectivity index is 2.46. The number of benzene rings is 1. The van der Waals surface area contributed by atoms with Gasteiger partial charge in [-0.2, -0.15) is 4.98 Å². The van der Waals surface area contributed by atoms with E-state index < -0.39 is 11.0 Å². The van der Waals surface area contributed by atoms with Crippen LogP contribution in [-0.2, 0) is 5.41 Å². The summed E-state index contributed by atoms with van der Waals surface area (Å²) in [6, 6.07) is 3.69. The molecule has 3 N–H and O–H groups in total. The van der Waals surface area contributed by atoms with Crippen molar-refractivity contribution in [2.45, 2.75) is 52.5 Å². The van der Waals surface area contributed by atoms with E-state index in [9.17, 15) is 5.11 Å². The number of phenols is 1. The zero-order valence-corrected chi connectivity index (χ0v) is 13.5. The Labute approximate surface area is 125 Å². The van der Waals surface area contributed by atoms with Crippen molar-refractivity contribution in [1.82, 2.24) is 10.1 Å². The largest absolute Gasteiger partial charge is 0.507 e. The number of rotatable bonds is 3. The third-order valence-corrected chi connectivity index (χ3v) is 4.32. The summed E-state index contributed by atoms with van der Waals surface area (Å²) in [4.78, 5) is 4.49. The Morgan fingerprint density at radius 3 is 2.10 bits per heavy atom. The maximum atomic E-state index is 9.84. The first-order valence-corrected chi connectivity index (χ1v) is 6.97. The van der Waals surface area contributed by atoms with Crippen LogP contribution in [0.1, 0.15) is 44.7 Å². The van der Waals surface area contributed by atoms with E-state index in [2.05, 4.69) is 10.1 Å². The first-order valence-electron chi connectivity index (χ1n) is 6.97. The van der Waals surface area contributed by atoms with E-state index in [1.807, 2.05) is 53.7 Å². The SMILES string of the molecule is Cc1cc(-c2noc(C(C)(C)C(C)(C)N)n2)cc(C)c1O. The number of nitrogens with two attached hydrogens (primary N) is 1. The summed E-state index contributed by atoms with van der Waals surface area (Å²) in [6.45, 7) is 11.5. The third kappa shape index (κ3) is 2.65. The Morgan fingerprint density at radius 1 is 1.10 bits per heavy atom. The van der Waals surface area contributed by atoms with Crippen molar-refractivity contribution in [3.63, 3.8) is 0 Å². The molecule has 0 spiro atoms. The van der Waals surface area contributed by atoms with Crippen LogP contribution in [0.15, 0.2) is 16.7 Å². The van der Waals surface area contributed by atoms with Gasteiger partial charge in [-0.25, -0.2) is 0 Å². The summed E-state index contributed by atoms with van der Waals surface area (Å²) in [5.41, 5.74) is 7.66. The van der Waals surface area contributed by atoms with Crippen molar-refractivity contribution in [2.75, 3.05) is 0 Å². The summed E-state index contributed by atoms with van der Waals surface area (Å²) in [5.74, 6) is 1.31. The zero-order valence-electron chi connectivity index (χ0n) is 13.5. The standard InChI is InChI=1S/C16H23N3O2/c1-9-7-11(8-10(2)12(9)20)13-18-14(21-19-13)15(3,4)16(5,6)17/h7-8,20H,17H2,1-6H3. The molecule has 5 heteroatoms. The van der Waals surface area contributed by atoms with Crippen LogP contribution in [0.2, 0.25) is 0 Å². The second-order valence-electron chi connectivity index (χ2n) is 6.73. The van der Waals surface area contributed by atoms with E-state index in [0.717, 1.165) is 16.7 Å². The van der Waals surface area contributed by atoms with Gasteiger partial charge >= 0.3 is 0 Å². The number of nitrogens with zero attached hydrogens (tertiary/aromatic N) is 2. The second kappa shape index (κ2) is 4.84. The van der Waals surface area contributed by atoms with Crippen LogP contribution in [0, 0.1) is 13.8 Å². The molecule has 1 aromatic heterocycles. The minimum Gasteiger partial charge on any atom is -0.507 e. The van der Waals surface area contributed by atoms with Crippen LogP contribution >= 0.6 is 0 Å². The first kappa shape index (κ1) is 15.5. The lowest BCUT2D eigenvalue weighted by molar-refractivity contribution is 0.223.